The Kier molecular flexibility index (Phi) is 8.86. The van der Waals surface area contributed by atoms with Crippen LogP contribution in [-0.2, 0) is 16.1 Å². The summed E-state index contributed by atoms with van der Waals surface area (Å²) in [4.78, 5) is 15.9. The second-order valence-electron chi connectivity index (χ2n) is 6.47. The molecule has 0 spiro atoms. The fourth-order valence-corrected chi connectivity index (χ4v) is 1.85. The largest absolute Gasteiger partial charge is 0.375 e. The number of ether oxygens (including phenoxy) is 1. The standard InChI is InChI=1S/C18H30N4O2/c1-18(2,3)16(23)20-10-11-21-17(19-4)22-12-13-24-14-15-8-6-5-7-9-15/h5-9H,10-14H2,1-4H3,(H,20,23)(H2,19,21,22). The highest BCUT2D eigenvalue weighted by atomic mass is 16.5. The van der Waals surface area contributed by atoms with E-state index in [1.165, 1.54) is 0 Å². The van der Waals surface area contributed by atoms with Gasteiger partial charge in [0.05, 0.1) is 13.2 Å². The van der Waals surface area contributed by atoms with Gasteiger partial charge in [-0.05, 0) is 5.56 Å². The van der Waals surface area contributed by atoms with E-state index in [0.717, 1.165) is 5.56 Å². The Morgan fingerprint density at radius 3 is 2.29 bits per heavy atom. The summed E-state index contributed by atoms with van der Waals surface area (Å²) >= 11 is 0. The Hall–Kier alpha value is -2.08. The summed E-state index contributed by atoms with van der Waals surface area (Å²) in [5.41, 5.74) is 0.797. The third-order valence-corrected chi connectivity index (χ3v) is 3.26. The monoisotopic (exact) mass is 334 g/mol. The van der Waals surface area contributed by atoms with Crippen molar-refractivity contribution in [2.75, 3.05) is 33.3 Å². The minimum atomic E-state index is -0.365. The van der Waals surface area contributed by atoms with Gasteiger partial charge in [-0.3, -0.25) is 9.79 Å². The smallest absolute Gasteiger partial charge is 0.225 e. The van der Waals surface area contributed by atoms with Gasteiger partial charge in [-0.25, -0.2) is 0 Å². The van der Waals surface area contributed by atoms with Crippen molar-refractivity contribution < 1.29 is 9.53 Å². The maximum Gasteiger partial charge on any atom is 0.225 e. The number of nitrogens with one attached hydrogen (secondary N) is 3. The van der Waals surface area contributed by atoms with Crippen molar-refractivity contribution in [2.24, 2.45) is 10.4 Å². The summed E-state index contributed by atoms with van der Waals surface area (Å²) in [7, 11) is 1.72. The van der Waals surface area contributed by atoms with E-state index in [1.807, 2.05) is 51.1 Å². The Labute approximate surface area is 145 Å². The molecule has 1 aromatic rings. The molecule has 6 heteroatoms. The number of amides is 1. The molecule has 0 saturated heterocycles. The summed E-state index contributed by atoms with van der Waals surface area (Å²) < 4.78 is 5.61. The van der Waals surface area contributed by atoms with Crippen LogP contribution in [0.15, 0.2) is 35.3 Å². The number of benzene rings is 1. The van der Waals surface area contributed by atoms with Gasteiger partial charge >= 0.3 is 0 Å². The SMILES string of the molecule is CN=C(NCCNC(=O)C(C)(C)C)NCCOCc1ccccc1. The van der Waals surface area contributed by atoms with E-state index >= 15 is 0 Å². The van der Waals surface area contributed by atoms with Crippen LogP contribution in [0.3, 0.4) is 0 Å². The molecular formula is C18H30N4O2. The zero-order valence-electron chi connectivity index (χ0n) is 15.2. The number of carbonyl (C=O) groups is 1. The summed E-state index contributed by atoms with van der Waals surface area (Å²) in [6, 6.07) is 10.1. The molecule has 0 fully saturated rings. The summed E-state index contributed by atoms with van der Waals surface area (Å²) in [5, 5.41) is 9.22. The number of hydrogen-bond donors (Lipinski definition) is 3. The molecular weight excluding hydrogens is 304 g/mol. The van der Waals surface area contributed by atoms with Gasteiger partial charge in [0.2, 0.25) is 5.91 Å². The lowest BCUT2D eigenvalue weighted by molar-refractivity contribution is -0.128. The van der Waals surface area contributed by atoms with Gasteiger partial charge in [0.1, 0.15) is 0 Å². The maximum atomic E-state index is 11.7. The number of aliphatic imine (C=N–C) groups is 1. The van der Waals surface area contributed by atoms with Crippen LogP contribution in [0.2, 0.25) is 0 Å². The maximum absolute atomic E-state index is 11.7. The van der Waals surface area contributed by atoms with Crippen molar-refractivity contribution in [3.8, 4) is 0 Å². The molecule has 0 bridgehead atoms. The molecule has 24 heavy (non-hydrogen) atoms. The van der Waals surface area contributed by atoms with Crippen LogP contribution < -0.4 is 16.0 Å². The fraction of sp³-hybridized carbons (Fsp3) is 0.556. The molecule has 0 unspecified atom stereocenters. The van der Waals surface area contributed by atoms with E-state index in [2.05, 4.69) is 20.9 Å². The number of nitrogens with zero attached hydrogens (tertiary/aromatic N) is 1. The van der Waals surface area contributed by atoms with Crippen molar-refractivity contribution in [1.29, 1.82) is 0 Å². The van der Waals surface area contributed by atoms with Crippen LogP contribution in [0.25, 0.3) is 0 Å². The van der Waals surface area contributed by atoms with Crippen LogP contribution in [0.4, 0.5) is 0 Å². The molecule has 0 aromatic heterocycles. The third-order valence-electron chi connectivity index (χ3n) is 3.26. The lowest BCUT2D eigenvalue weighted by Crippen LogP contribution is -2.44. The number of rotatable bonds is 8. The average Bonchev–Trinajstić information content (AvgIpc) is 2.56. The first-order chi connectivity index (χ1) is 11.4. The molecule has 0 aliphatic rings. The topological polar surface area (TPSA) is 74.8 Å². The first-order valence-electron chi connectivity index (χ1n) is 8.28. The number of carbonyl (C=O) groups excluding carboxylic acids is 1. The molecule has 6 nitrogen and oxygen atoms in total. The lowest BCUT2D eigenvalue weighted by atomic mass is 9.96. The van der Waals surface area contributed by atoms with Crippen LogP contribution in [0.1, 0.15) is 26.3 Å². The van der Waals surface area contributed by atoms with Gasteiger partial charge in [-0.15, -0.1) is 0 Å². The average molecular weight is 334 g/mol. The second kappa shape index (κ2) is 10.6. The van der Waals surface area contributed by atoms with E-state index < -0.39 is 0 Å². The van der Waals surface area contributed by atoms with E-state index in [0.29, 0.717) is 38.8 Å². The number of guanidine groups is 1. The predicted molar refractivity (Wildman–Crippen MR) is 97.9 cm³/mol. The highest BCUT2D eigenvalue weighted by Crippen LogP contribution is 2.11. The van der Waals surface area contributed by atoms with Gasteiger partial charge in [0.15, 0.2) is 5.96 Å². The Morgan fingerprint density at radius 2 is 1.67 bits per heavy atom. The molecule has 0 heterocycles. The van der Waals surface area contributed by atoms with E-state index in [4.69, 9.17) is 4.74 Å². The van der Waals surface area contributed by atoms with Gasteiger partial charge in [0.25, 0.3) is 0 Å². The molecule has 0 atom stereocenters. The molecule has 134 valence electrons. The molecule has 1 rings (SSSR count). The summed E-state index contributed by atoms with van der Waals surface area (Å²) in [6.45, 7) is 8.72. The minimum Gasteiger partial charge on any atom is -0.375 e. The molecule has 3 N–H and O–H groups in total. The van der Waals surface area contributed by atoms with Crippen molar-refractivity contribution in [3.05, 3.63) is 35.9 Å². The highest BCUT2D eigenvalue weighted by molar-refractivity contribution is 5.81. The minimum absolute atomic E-state index is 0.0431. The first-order valence-corrected chi connectivity index (χ1v) is 8.28. The van der Waals surface area contributed by atoms with Crippen molar-refractivity contribution >= 4 is 11.9 Å². The van der Waals surface area contributed by atoms with Gasteiger partial charge in [0, 0.05) is 32.1 Å². The molecule has 0 saturated carbocycles. The number of hydrogen-bond acceptors (Lipinski definition) is 3. The Bertz CT molecular complexity index is 510. The van der Waals surface area contributed by atoms with E-state index in [-0.39, 0.29) is 11.3 Å². The lowest BCUT2D eigenvalue weighted by Gasteiger charge is -2.18. The molecule has 1 aromatic carbocycles. The van der Waals surface area contributed by atoms with Crippen LogP contribution >= 0.6 is 0 Å². The molecule has 0 aliphatic carbocycles. The van der Waals surface area contributed by atoms with Gasteiger partial charge in [-0.2, -0.15) is 0 Å². The highest BCUT2D eigenvalue weighted by Gasteiger charge is 2.20. The third kappa shape index (κ3) is 8.53. The van der Waals surface area contributed by atoms with Crippen molar-refractivity contribution in [3.63, 3.8) is 0 Å². The Balaban J connectivity index is 2.09. The Morgan fingerprint density at radius 1 is 1.04 bits per heavy atom. The van der Waals surface area contributed by atoms with Gasteiger partial charge < -0.3 is 20.7 Å². The summed E-state index contributed by atoms with van der Waals surface area (Å²) in [6.07, 6.45) is 0. The van der Waals surface area contributed by atoms with Crippen LogP contribution in [0, 0.1) is 5.41 Å². The normalized spacial score (nSPS) is 11.9. The van der Waals surface area contributed by atoms with Gasteiger partial charge in [-0.1, -0.05) is 51.1 Å². The first kappa shape index (κ1) is 20.0. The quantitative estimate of drug-likeness (QED) is 0.383. The molecule has 1 amide bonds. The van der Waals surface area contributed by atoms with E-state index in [9.17, 15) is 4.79 Å². The van der Waals surface area contributed by atoms with Crippen molar-refractivity contribution in [2.45, 2.75) is 27.4 Å². The second-order valence-corrected chi connectivity index (χ2v) is 6.47. The zero-order chi connectivity index (χ0) is 17.8. The fourth-order valence-electron chi connectivity index (χ4n) is 1.85. The molecule has 0 radical (unpaired) electrons. The van der Waals surface area contributed by atoms with Crippen LogP contribution in [-0.4, -0.2) is 45.2 Å². The summed E-state index contributed by atoms with van der Waals surface area (Å²) in [5.74, 6) is 0.741. The van der Waals surface area contributed by atoms with Crippen LogP contribution in [0.5, 0.6) is 0 Å². The van der Waals surface area contributed by atoms with E-state index in [1.54, 1.807) is 7.05 Å². The van der Waals surface area contributed by atoms with Crippen molar-refractivity contribution in [1.82, 2.24) is 16.0 Å². The zero-order valence-corrected chi connectivity index (χ0v) is 15.2. The predicted octanol–water partition coefficient (Wildman–Crippen LogP) is 1.53. The molecule has 0 aliphatic heterocycles.